The van der Waals surface area contributed by atoms with Crippen LogP contribution in [0.2, 0.25) is 0 Å². The number of amides is 1. The predicted molar refractivity (Wildman–Crippen MR) is 138 cm³/mol. The van der Waals surface area contributed by atoms with E-state index in [2.05, 4.69) is 15.3 Å². The van der Waals surface area contributed by atoms with Gasteiger partial charge >= 0.3 is 0 Å². The van der Waals surface area contributed by atoms with Gasteiger partial charge in [0.25, 0.3) is 0 Å². The summed E-state index contributed by atoms with van der Waals surface area (Å²) in [6.07, 6.45) is 3.58. The Kier molecular flexibility index (Phi) is 10.2. The zero-order chi connectivity index (χ0) is 22.2. The van der Waals surface area contributed by atoms with E-state index < -0.39 is 0 Å². The summed E-state index contributed by atoms with van der Waals surface area (Å²) in [4.78, 5) is 23.4. The number of hydrogen-bond donors (Lipinski definition) is 1. The first-order valence-electron chi connectivity index (χ1n) is 10.6. The summed E-state index contributed by atoms with van der Waals surface area (Å²) in [5.41, 5.74) is 1.90. The average molecular weight is 555 g/mol. The number of likely N-dealkylation sites (N-methyl/N-ethyl adjacent to an activating group) is 1. The van der Waals surface area contributed by atoms with Crippen molar-refractivity contribution < 1.29 is 9.53 Å². The first kappa shape index (κ1) is 25.9. The number of halogens is 1. The lowest BCUT2D eigenvalue weighted by Crippen LogP contribution is -2.55. The fourth-order valence-corrected chi connectivity index (χ4v) is 3.35. The van der Waals surface area contributed by atoms with Crippen molar-refractivity contribution in [2.75, 3.05) is 58.3 Å². The van der Waals surface area contributed by atoms with Crippen LogP contribution in [0.25, 0.3) is 0 Å². The Morgan fingerprint density at radius 3 is 2.78 bits per heavy atom. The maximum absolute atomic E-state index is 12.7. The molecular weight excluding hydrogens is 521 g/mol. The summed E-state index contributed by atoms with van der Waals surface area (Å²) in [6, 6.07) is 8.01. The average Bonchev–Trinajstić information content (AvgIpc) is 3.17. The number of ether oxygens (including phenoxy) is 1. The summed E-state index contributed by atoms with van der Waals surface area (Å²) in [6.45, 7) is 6.40. The van der Waals surface area contributed by atoms with Crippen molar-refractivity contribution in [1.29, 1.82) is 0 Å². The minimum Gasteiger partial charge on any atom is -0.492 e. The number of guanidine groups is 1. The fourth-order valence-electron chi connectivity index (χ4n) is 3.35. The van der Waals surface area contributed by atoms with Crippen molar-refractivity contribution in [3.05, 3.63) is 42.2 Å². The van der Waals surface area contributed by atoms with Crippen LogP contribution in [0, 0.1) is 0 Å². The monoisotopic (exact) mass is 555 g/mol. The van der Waals surface area contributed by atoms with E-state index in [0.29, 0.717) is 26.2 Å². The molecule has 176 valence electrons. The molecule has 0 bridgehead atoms. The standard InChI is InChI=1S/C22H33N7O2.HI/c1-5-23-22(24-14-18-7-6-8-20(13-18)31-12-11-26(2)3)28-9-10-29(21(30)17-28)19-15-25-27(4)16-19;/h6-8,13,15-16H,5,9-12,14,17H2,1-4H3,(H,23,24);1H. The molecule has 32 heavy (non-hydrogen) atoms. The van der Waals surface area contributed by atoms with Gasteiger partial charge in [0.15, 0.2) is 5.96 Å². The number of benzene rings is 1. The molecule has 1 amide bonds. The first-order valence-corrected chi connectivity index (χ1v) is 10.6. The molecule has 9 nitrogen and oxygen atoms in total. The van der Waals surface area contributed by atoms with Crippen LogP contribution >= 0.6 is 24.0 Å². The molecule has 1 aromatic heterocycles. The van der Waals surface area contributed by atoms with Gasteiger partial charge in [-0.2, -0.15) is 5.10 Å². The molecule has 3 rings (SSSR count). The number of aromatic nitrogens is 2. The van der Waals surface area contributed by atoms with Gasteiger partial charge in [0.2, 0.25) is 5.91 Å². The van der Waals surface area contributed by atoms with Gasteiger partial charge in [-0.1, -0.05) is 12.1 Å². The highest BCUT2D eigenvalue weighted by Crippen LogP contribution is 2.17. The van der Waals surface area contributed by atoms with Gasteiger partial charge in [0, 0.05) is 39.4 Å². The van der Waals surface area contributed by atoms with Gasteiger partial charge in [-0.15, -0.1) is 24.0 Å². The lowest BCUT2D eigenvalue weighted by atomic mass is 10.2. The van der Waals surface area contributed by atoms with Gasteiger partial charge in [-0.25, -0.2) is 4.99 Å². The molecule has 0 atom stereocenters. The normalized spacial score (nSPS) is 14.5. The highest BCUT2D eigenvalue weighted by atomic mass is 127. The summed E-state index contributed by atoms with van der Waals surface area (Å²) >= 11 is 0. The zero-order valence-electron chi connectivity index (χ0n) is 19.3. The number of piperazine rings is 1. The summed E-state index contributed by atoms with van der Waals surface area (Å²) < 4.78 is 7.53. The molecule has 2 heterocycles. The second kappa shape index (κ2) is 12.6. The van der Waals surface area contributed by atoms with Gasteiger partial charge in [-0.3, -0.25) is 9.48 Å². The Bertz CT molecular complexity index is 900. The Balaban J connectivity index is 0.00000363. The third-order valence-electron chi connectivity index (χ3n) is 4.98. The largest absolute Gasteiger partial charge is 0.492 e. The summed E-state index contributed by atoms with van der Waals surface area (Å²) in [7, 11) is 5.90. The molecule has 10 heteroatoms. The number of anilines is 1. The van der Waals surface area contributed by atoms with Crippen LogP contribution in [0.4, 0.5) is 5.69 Å². The van der Waals surface area contributed by atoms with Crippen LogP contribution in [-0.2, 0) is 18.4 Å². The van der Waals surface area contributed by atoms with E-state index in [1.807, 2.05) is 63.4 Å². The SMILES string of the molecule is CCNC(=NCc1cccc(OCCN(C)C)c1)N1CCN(c2cnn(C)c2)C(=O)C1.I. The first-order chi connectivity index (χ1) is 15.0. The van der Waals surface area contributed by atoms with E-state index >= 15 is 0 Å². The molecule has 0 spiro atoms. The molecule has 1 fully saturated rings. The minimum atomic E-state index is 0. The van der Waals surface area contributed by atoms with E-state index in [-0.39, 0.29) is 36.4 Å². The molecule has 1 aliphatic heterocycles. The Labute approximate surface area is 207 Å². The van der Waals surface area contributed by atoms with E-state index in [1.54, 1.807) is 15.8 Å². The van der Waals surface area contributed by atoms with E-state index in [4.69, 9.17) is 9.73 Å². The molecule has 0 aliphatic carbocycles. The zero-order valence-corrected chi connectivity index (χ0v) is 21.7. The van der Waals surface area contributed by atoms with E-state index in [0.717, 1.165) is 36.0 Å². The van der Waals surface area contributed by atoms with Crippen LogP contribution in [0.1, 0.15) is 12.5 Å². The van der Waals surface area contributed by atoms with Gasteiger partial charge < -0.3 is 24.8 Å². The number of carbonyl (C=O) groups excluding carboxylic acids is 1. The molecule has 1 saturated heterocycles. The Morgan fingerprint density at radius 1 is 1.31 bits per heavy atom. The number of nitrogens with one attached hydrogen (secondary N) is 1. The van der Waals surface area contributed by atoms with Crippen LogP contribution < -0.4 is 15.0 Å². The second-order valence-electron chi connectivity index (χ2n) is 7.81. The van der Waals surface area contributed by atoms with Crippen molar-refractivity contribution in [2.24, 2.45) is 12.0 Å². The third kappa shape index (κ3) is 7.37. The molecule has 1 N–H and O–H groups in total. The fraction of sp³-hybridized carbons (Fsp3) is 0.500. The molecule has 0 saturated carbocycles. The molecule has 1 aromatic carbocycles. The second-order valence-corrected chi connectivity index (χ2v) is 7.81. The Hall–Kier alpha value is -2.34. The lowest BCUT2D eigenvalue weighted by molar-refractivity contribution is -0.120. The smallest absolute Gasteiger partial charge is 0.246 e. The van der Waals surface area contributed by atoms with Crippen molar-refractivity contribution in [3.8, 4) is 5.75 Å². The van der Waals surface area contributed by atoms with E-state index in [9.17, 15) is 4.79 Å². The van der Waals surface area contributed by atoms with Gasteiger partial charge in [0.05, 0.1) is 18.4 Å². The van der Waals surface area contributed by atoms with E-state index in [1.165, 1.54) is 0 Å². The van der Waals surface area contributed by atoms with Crippen LogP contribution in [0.3, 0.4) is 0 Å². The summed E-state index contributed by atoms with van der Waals surface area (Å²) in [5.74, 6) is 1.64. The topological polar surface area (TPSA) is 78.2 Å². The number of aliphatic imine (C=N–C) groups is 1. The highest BCUT2D eigenvalue weighted by Gasteiger charge is 2.27. The maximum atomic E-state index is 12.7. The highest BCUT2D eigenvalue weighted by molar-refractivity contribution is 14.0. The maximum Gasteiger partial charge on any atom is 0.246 e. The minimum absolute atomic E-state index is 0. The van der Waals surface area contributed by atoms with Crippen molar-refractivity contribution in [3.63, 3.8) is 0 Å². The number of hydrogen-bond acceptors (Lipinski definition) is 5. The molecular formula is C22H34IN7O2. The third-order valence-corrected chi connectivity index (χ3v) is 4.98. The quantitative estimate of drug-likeness (QED) is 0.304. The molecule has 1 aliphatic rings. The summed E-state index contributed by atoms with van der Waals surface area (Å²) in [5, 5.41) is 7.48. The molecule has 0 radical (unpaired) electrons. The predicted octanol–water partition coefficient (Wildman–Crippen LogP) is 1.79. The van der Waals surface area contributed by atoms with Crippen LogP contribution in [-0.4, -0.2) is 84.9 Å². The van der Waals surface area contributed by atoms with Crippen molar-refractivity contribution >= 4 is 41.5 Å². The molecule has 2 aromatic rings. The van der Waals surface area contributed by atoms with Gasteiger partial charge in [-0.05, 0) is 38.7 Å². The lowest BCUT2D eigenvalue weighted by Gasteiger charge is -2.35. The Morgan fingerprint density at radius 2 is 2.12 bits per heavy atom. The van der Waals surface area contributed by atoms with Crippen LogP contribution in [0.15, 0.2) is 41.7 Å². The van der Waals surface area contributed by atoms with Crippen molar-refractivity contribution in [2.45, 2.75) is 13.5 Å². The van der Waals surface area contributed by atoms with Crippen LogP contribution in [0.5, 0.6) is 5.75 Å². The molecule has 0 unspecified atom stereocenters. The number of nitrogens with zero attached hydrogens (tertiary/aromatic N) is 6. The number of carbonyl (C=O) groups is 1. The number of rotatable bonds is 8. The van der Waals surface area contributed by atoms with Gasteiger partial charge in [0.1, 0.15) is 18.9 Å². The number of aryl methyl sites for hydroxylation is 1. The van der Waals surface area contributed by atoms with Crippen molar-refractivity contribution in [1.82, 2.24) is 24.9 Å².